The molecule has 100 valence electrons. The highest BCUT2D eigenvalue weighted by Crippen LogP contribution is 2.26. The Labute approximate surface area is 117 Å². The molecule has 1 fully saturated rings. The van der Waals surface area contributed by atoms with Crippen LogP contribution in [0.3, 0.4) is 0 Å². The molecule has 0 saturated heterocycles. The van der Waals surface area contributed by atoms with Gasteiger partial charge in [-0.25, -0.2) is 4.39 Å². The van der Waals surface area contributed by atoms with E-state index in [9.17, 15) is 4.39 Å². The number of likely N-dealkylation sites (N-methyl/N-ethyl adjacent to an activating group) is 1. The van der Waals surface area contributed by atoms with Crippen LogP contribution in [0.2, 0.25) is 0 Å². The van der Waals surface area contributed by atoms with Crippen LogP contribution < -0.4 is 5.32 Å². The van der Waals surface area contributed by atoms with E-state index in [4.69, 9.17) is 0 Å². The number of hydrogen-bond donors (Lipinski definition) is 1. The van der Waals surface area contributed by atoms with Crippen LogP contribution in [0.15, 0.2) is 22.7 Å². The van der Waals surface area contributed by atoms with E-state index in [2.05, 4.69) is 40.1 Å². The number of benzene rings is 1. The topological polar surface area (TPSA) is 15.3 Å². The summed E-state index contributed by atoms with van der Waals surface area (Å²) < 4.78 is 13.9. The van der Waals surface area contributed by atoms with Crippen molar-refractivity contribution in [1.82, 2.24) is 10.2 Å². The summed E-state index contributed by atoms with van der Waals surface area (Å²) >= 11 is 3.28. The summed E-state index contributed by atoms with van der Waals surface area (Å²) in [7, 11) is 2.18. The first-order valence-electron chi connectivity index (χ1n) is 6.45. The zero-order valence-electron chi connectivity index (χ0n) is 10.9. The molecule has 1 saturated carbocycles. The second-order valence-corrected chi connectivity index (χ2v) is 5.88. The lowest BCUT2D eigenvalue weighted by atomic mass is 10.2. The number of halogens is 2. The first kappa shape index (κ1) is 14.0. The molecule has 1 aliphatic rings. The first-order valence-corrected chi connectivity index (χ1v) is 7.24. The Bertz CT molecular complexity index is 407. The van der Waals surface area contributed by atoms with E-state index < -0.39 is 0 Å². The minimum atomic E-state index is -0.197. The summed E-state index contributed by atoms with van der Waals surface area (Å²) in [6.07, 6.45) is 2.66. The van der Waals surface area contributed by atoms with Crippen molar-refractivity contribution in [3.8, 4) is 0 Å². The lowest BCUT2D eigenvalue weighted by Crippen LogP contribution is -2.38. The van der Waals surface area contributed by atoms with Crippen LogP contribution in [0.5, 0.6) is 0 Å². The van der Waals surface area contributed by atoms with Crippen LogP contribution in [0.1, 0.15) is 25.3 Å². The van der Waals surface area contributed by atoms with Gasteiger partial charge in [-0.15, -0.1) is 0 Å². The molecule has 0 amide bonds. The van der Waals surface area contributed by atoms with E-state index in [-0.39, 0.29) is 5.82 Å². The van der Waals surface area contributed by atoms with Crippen molar-refractivity contribution in [2.45, 2.75) is 38.4 Å². The van der Waals surface area contributed by atoms with Gasteiger partial charge in [-0.05, 0) is 54.4 Å². The second kappa shape index (κ2) is 6.13. The summed E-state index contributed by atoms with van der Waals surface area (Å²) in [4.78, 5) is 2.42. The van der Waals surface area contributed by atoms with Gasteiger partial charge in [0.15, 0.2) is 0 Å². The summed E-state index contributed by atoms with van der Waals surface area (Å²) in [5.74, 6) is -0.197. The Morgan fingerprint density at radius 2 is 2.22 bits per heavy atom. The molecule has 1 aromatic rings. The normalized spacial score (nSPS) is 17.2. The molecule has 1 unspecified atom stereocenters. The van der Waals surface area contributed by atoms with Gasteiger partial charge in [0.1, 0.15) is 5.82 Å². The van der Waals surface area contributed by atoms with E-state index in [0.717, 1.165) is 18.2 Å². The molecular weight excluding hydrogens is 295 g/mol. The molecule has 1 N–H and O–H groups in total. The van der Waals surface area contributed by atoms with E-state index in [1.54, 1.807) is 6.07 Å². The Kier molecular flexibility index (Phi) is 4.76. The fraction of sp³-hybridized carbons (Fsp3) is 0.571. The van der Waals surface area contributed by atoms with Crippen molar-refractivity contribution < 1.29 is 4.39 Å². The molecule has 0 heterocycles. The molecule has 1 aromatic carbocycles. The Balaban J connectivity index is 1.79. The van der Waals surface area contributed by atoms with Gasteiger partial charge < -0.3 is 5.32 Å². The molecule has 2 rings (SSSR count). The second-order valence-electron chi connectivity index (χ2n) is 5.09. The molecule has 0 bridgehead atoms. The first-order chi connectivity index (χ1) is 8.59. The summed E-state index contributed by atoms with van der Waals surface area (Å²) in [5, 5.41) is 3.39. The largest absolute Gasteiger partial charge is 0.311 e. The van der Waals surface area contributed by atoms with Crippen molar-refractivity contribution in [3.63, 3.8) is 0 Å². The van der Waals surface area contributed by atoms with Crippen molar-refractivity contribution >= 4 is 15.9 Å². The number of nitrogens with zero attached hydrogens (tertiary/aromatic N) is 1. The minimum Gasteiger partial charge on any atom is -0.311 e. The van der Waals surface area contributed by atoms with Crippen LogP contribution in [0, 0.1) is 5.82 Å². The van der Waals surface area contributed by atoms with Gasteiger partial charge >= 0.3 is 0 Å². The fourth-order valence-electron chi connectivity index (χ4n) is 2.09. The summed E-state index contributed by atoms with van der Waals surface area (Å²) in [5.41, 5.74) is 0.969. The van der Waals surface area contributed by atoms with Crippen LogP contribution >= 0.6 is 15.9 Å². The average molecular weight is 315 g/mol. The maximum absolute atomic E-state index is 13.3. The molecule has 18 heavy (non-hydrogen) atoms. The molecule has 1 aliphatic carbocycles. The summed E-state index contributed by atoms with van der Waals surface area (Å²) in [6.45, 7) is 3.85. The Morgan fingerprint density at radius 3 is 2.89 bits per heavy atom. The highest BCUT2D eigenvalue weighted by Gasteiger charge is 2.28. The van der Waals surface area contributed by atoms with Crippen LogP contribution in [-0.4, -0.2) is 30.6 Å². The SMILES string of the molecule is CC(CNCc1cccc(F)c1Br)N(C)C1CC1. The smallest absolute Gasteiger partial charge is 0.137 e. The minimum absolute atomic E-state index is 0.197. The van der Waals surface area contributed by atoms with Gasteiger partial charge in [-0.2, -0.15) is 0 Å². The van der Waals surface area contributed by atoms with Gasteiger partial charge in [0.25, 0.3) is 0 Å². The lowest BCUT2D eigenvalue weighted by Gasteiger charge is -2.24. The molecule has 0 radical (unpaired) electrons. The zero-order chi connectivity index (χ0) is 13.1. The van der Waals surface area contributed by atoms with Crippen molar-refractivity contribution in [2.24, 2.45) is 0 Å². The fourth-order valence-corrected chi connectivity index (χ4v) is 2.49. The third-order valence-corrected chi connectivity index (χ3v) is 4.49. The van der Waals surface area contributed by atoms with Crippen molar-refractivity contribution in [2.75, 3.05) is 13.6 Å². The quantitative estimate of drug-likeness (QED) is 0.867. The van der Waals surface area contributed by atoms with Crippen molar-refractivity contribution in [3.05, 3.63) is 34.1 Å². The molecular formula is C14H20BrFN2. The third-order valence-electron chi connectivity index (χ3n) is 3.60. The standard InChI is InChI=1S/C14H20BrFN2/c1-10(18(2)12-6-7-12)8-17-9-11-4-3-5-13(16)14(11)15/h3-5,10,12,17H,6-9H2,1-2H3. The zero-order valence-corrected chi connectivity index (χ0v) is 12.5. The van der Waals surface area contributed by atoms with E-state index in [0.29, 0.717) is 17.1 Å². The molecule has 0 spiro atoms. The van der Waals surface area contributed by atoms with Gasteiger partial charge in [0.05, 0.1) is 4.47 Å². The molecule has 0 aromatic heterocycles. The van der Waals surface area contributed by atoms with Crippen LogP contribution in [0.25, 0.3) is 0 Å². The highest BCUT2D eigenvalue weighted by atomic mass is 79.9. The maximum atomic E-state index is 13.3. The molecule has 1 atom stereocenters. The van der Waals surface area contributed by atoms with Gasteiger partial charge in [0.2, 0.25) is 0 Å². The Hall–Kier alpha value is -0.450. The number of rotatable bonds is 6. The average Bonchev–Trinajstić information content (AvgIpc) is 3.17. The van der Waals surface area contributed by atoms with Crippen LogP contribution in [-0.2, 0) is 6.54 Å². The molecule has 2 nitrogen and oxygen atoms in total. The van der Waals surface area contributed by atoms with E-state index in [1.165, 1.54) is 18.9 Å². The highest BCUT2D eigenvalue weighted by molar-refractivity contribution is 9.10. The predicted octanol–water partition coefficient (Wildman–Crippen LogP) is 3.16. The third kappa shape index (κ3) is 3.53. The Morgan fingerprint density at radius 1 is 1.50 bits per heavy atom. The predicted molar refractivity (Wildman–Crippen MR) is 76.1 cm³/mol. The summed E-state index contributed by atoms with van der Waals surface area (Å²) in [6, 6.07) is 6.45. The monoisotopic (exact) mass is 314 g/mol. The number of nitrogens with one attached hydrogen (secondary N) is 1. The number of hydrogen-bond acceptors (Lipinski definition) is 2. The van der Waals surface area contributed by atoms with Crippen molar-refractivity contribution in [1.29, 1.82) is 0 Å². The van der Waals surface area contributed by atoms with E-state index in [1.807, 2.05) is 6.07 Å². The van der Waals surface area contributed by atoms with Gasteiger partial charge in [-0.3, -0.25) is 4.90 Å². The van der Waals surface area contributed by atoms with Gasteiger partial charge in [-0.1, -0.05) is 12.1 Å². The molecule has 4 heteroatoms. The van der Waals surface area contributed by atoms with Crippen LogP contribution in [0.4, 0.5) is 4.39 Å². The molecule has 0 aliphatic heterocycles. The van der Waals surface area contributed by atoms with Gasteiger partial charge in [0, 0.05) is 25.2 Å². The van der Waals surface area contributed by atoms with E-state index >= 15 is 0 Å². The lowest BCUT2D eigenvalue weighted by molar-refractivity contribution is 0.241. The maximum Gasteiger partial charge on any atom is 0.137 e.